The highest BCUT2D eigenvalue weighted by atomic mass is 16.2. The lowest BCUT2D eigenvalue weighted by Crippen LogP contribution is -2.25. The van der Waals surface area contributed by atoms with Crippen LogP contribution in [0.1, 0.15) is 37.7 Å². The molecule has 138 valence electrons. The molecule has 0 aliphatic heterocycles. The lowest BCUT2D eigenvalue weighted by atomic mass is 10.1. The van der Waals surface area contributed by atoms with E-state index in [-0.39, 0.29) is 17.3 Å². The number of aryl methyl sites for hydroxylation is 1. The van der Waals surface area contributed by atoms with Gasteiger partial charge in [-0.05, 0) is 48.4 Å². The van der Waals surface area contributed by atoms with Crippen molar-refractivity contribution in [2.75, 3.05) is 5.32 Å². The average molecular weight is 370 g/mol. The lowest BCUT2D eigenvalue weighted by molar-refractivity contribution is 0.0945. The second kappa shape index (κ2) is 8.60. The maximum absolute atomic E-state index is 12.4. The van der Waals surface area contributed by atoms with E-state index in [2.05, 4.69) is 15.6 Å². The zero-order valence-corrected chi connectivity index (χ0v) is 15.3. The van der Waals surface area contributed by atoms with Crippen molar-refractivity contribution in [1.29, 1.82) is 5.26 Å². The second-order valence-electron chi connectivity index (χ2n) is 6.16. The van der Waals surface area contributed by atoms with Gasteiger partial charge in [0.15, 0.2) is 0 Å². The predicted octanol–water partition coefficient (Wildman–Crippen LogP) is 3.44. The molecule has 0 unspecified atom stereocenters. The Labute approximate surface area is 162 Å². The summed E-state index contributed by atoms with van der Waals surface area (Å²) in [5.41, 5.74) is 3.30. The summed E-state index contributed by atoms with van der Waals surface area (Å²) >= 11 is 0. The van der Waals surface area contributed by atoms with E-state index < -0.39 is 5.91 Å². The number of pyridine rings is 1. The number of benzene rings is 2. The standard InChI is InChI=1S/C22H18N4O2/c1-15-6-2-3-8-17(15)14-24-21(27)19-10-5-11-20(26-19)22(28)25-18-9-4-7-16(12-18)13-23/h2-12H,14H2,1H3,(H,24,27)(H,25,28). The molecule has 0 aliphatic rings. The van der Waals surface area contributed by atoms with Gasteiger partial charge in [-0.25, -0.2) is 4.98 Å². The molecule has 0 spiro atoms. The fourth-order valence-corrected chi connectivity index (χ4v) is 2.62. The quantitative estimate of drug-likeness (QED) is 0.719. The van der Waals surface area contributed by atoms with E-state index in [1.165, 1.54) is 6.07 Å². The smallest absolute Gasteiger partial charge is 0.274 e. The molecule has 6 heteroatoms. The van der Waals surface area contributed by atoms with Gasteiger partial charge in [-0.15, -0.1) is 0 Å². The van der Waals surface area contributed by atoms with Crippen LogP contribution in [0, 0.1) is 18.3 Å². The third-order valence-electron chi connectivity index (χ3n) is 4.16. The molecule has 6 nitrogen and oxygen atoms in total. The number of carbonyl (C=O) groups is 2. The van der Waals surface area contributed by atoms with Crippen molar-refractivity contribution in [3.8, 4) is 6.07 Å². The minimum Gasteiger partial charge on any atom is -0.347 e. The van der Waals surface area contributed by atoms with Crippen molar-refractivity contribution in [2.45, 2.75) is 13.5 Å². The minimum atomic E-state index is -0.455. The maximum Gasteiger partial charge on any atom is 0.274 e. The monoisotopic (exact) mass is 370 g/mol. The highest BCUT2D eigenvalue weighted by Crippen LogP contribution is 2.12. The number of aromatic nitrogens is 1. The minimum absolute atomic E-state index is 0.117. The van der Waals surface area contributed by atoms with Crippen LogP contribution in [0.2, 0.25) is 0 Å². The Morgan fingerprint density at radius 3 is 2.43 bits per heavy atom. The van der Waals surface area contributed by atoms with E-state index in [1.807, 2.05) is 37.3 Å². The number of hydrogen-bond donors (Lipinski definition) is 2. The van der Waals surface area contributed by atoms with E-state index >= 15 is 0 Å². The summed E-state index contributed by atoms with van der Waals surface area (Å²) in [6.07, 6.45) is 0. The molecule has 1 heterocycles. The molecule has 28 heavy (non-hydrogen) atoms. The average Bonchev–Trinajstić information content (AvgIpc) is 2.73. The fraction of sp³-hybridized carbons (Fsp3) is 0.0909. The van der Waals surface area contributed by atoms with Crippen LogP contribution in [0.25, 0.3) is 0 Å². The molecule has 0 aliphatic carbocycles. The van der Waals surface area contributed by atoms with Crippen molar-refractivity contribution in [2.24, 2.45) is 0 Å². The summed E-state index contributed by atoms with van der Waals surface area (Å²) in [5, 5.41) is 14.4. The SMILES string of the molecule is Cc1ccccc1CNC(=O)c1cccc(C(=O)Nc2cccc(C#N)c2)n1. The van der Waals surface area contributed by atoms with Crippen LogP contribution in [0.3, 0.4) is 0 Å². The van der Waals surface area contributed by atoms with Crippen LogP contribution in [-0.4, -0.2) is 16.8 Å². The lowest BCUT2D eigenvalue weighted by Gasteiger charge is -2.09. The van der Waals surface area contributed by atoms with E-state index in [9.17, 15) is 9.59 Å². The molecule has 0 saturated carbocycles. The number of rotatable bonds is 5. The number of nitriles is 1. The Morgan fingerprint density at radius 2 is 1.68 bits per heavy atom. The Hall–Kier alpha value is -3.98. The molecular formula is C22H18N4O2. The molecule has 1 aromatic heterocycles. The molecule has 3 aromatic rings. The van der Waals surface area contributed by atoms with E-state index in [1.54, 1.807) is 36.4 Å². The number of nitrogens with zero attached hydrogens (tertiary/aromatic N) is 2. The molecule has 3 rings (SSSR count). The third-order valence-corrected chi connectivity index (χ3v) is 4.16. The third kappa shape index (κ3) is 4.59. The Bertz CT molecular complexity index is 1070. The van der Waals surface area contributed by atoms with Crippen molar-refractivity contribution >= 4 is 17.5 Å². The summed E-state index contributed by atoms with van der Waals surface area (Å²) in [7, 11) is 0. The number of nitrogens with one attached hydrogen (secondary N) is 2. The molecule has 2 amide bonds. The van der Waals surface area contributed by atoms with Crippen molar-refractivity contribution in [3.05, 3.63) is 94.8 Å². The van der Waals surface area contributed by atoms with E-state index in [0.29, 0.717) is 17.8 Å². The largest absolute Gasteiger partial charge is 0.347 e. The van der Waals surface area contributed by atoms with Gasteiger partial charge in [-0.1, -0.05) is 36.4 Å². The van der Waals surface area contributed by atoms with Gasteiger partial charge in [0, 0.05) is 12.2 Å². The summed E-state index contributed by atoms with van der Waals surface area (Å²) < 4.78 is 0. The molecule has 0 radical (unpaired) electrons. The summed E-state index contributed by atoms with van der Waals surface area (Å²) in [6.45, 7) is 2.36. The van der Waals surface area contributed by atoms with Gasteiger partial charge in [-0.2, -0.15) is 5.26 Å². The predicted molar refractivity (Wildman–Crippen MR) is 106 cm³/mol. The highest BCUT2D eigenvalue weighted by molar-refractivity contribution is 6.03. The zero-order valence-electron chi connectivity index (χ0n) is 15.3. The molecule has 0 atom stereocenters. The number of anilines is 1. The van der Waals surface area contributed by atoms with Gasteiger partial charge in [0.25, 0.3) is 11.8 Å². The molecule has 0 saturated heterocycles. The molecule has 0 fully saturated rings. The first-order chi connectivity index (χ1) is 13.6. The van der Waals surface area contributed by atoms with Crippen molar-refractivity contribution in [1.82, 2.24) is 10.3 Å². The van der Waals surface area contributed by atoms with Crippen molar-refractivity contribution < 1.29 is 9.59 Å². The summed E-state index contributed by atoms with van der Waals surface area (Å²) in [6, 6.07) is 21.1. The van der Waals surface area contributed by atoms with Gasteiger partial charge in [0.05, 0.1) is 11.6 Å². The van der Waals surface area contributed by atoms with Gasteiger partial charge < -0.3 is 10.6 Å². The van der Waals surface area contributed by atoms with Crippen LogP contribution in [0.4, 0.5) is 5.69 Å². The van der Waals surface area contributed by atoms with Gasteiger partial charge in [0.1, 0.15) is 11.4 Å². The molecule has 2 aromatic carbocycles. The number of carbonyl (C=O) groups excluding carboxylic acids is 2. The first-order valence-corrected chi connectivity index (χ1v) is 8.68. The van der Waals surface area contributed by atoms with Crippen LogP contribution in [-0.2, 0) is 6.54 Å². The Balaban J connectivity index is 1.69. The highest BCUT2D eigenvalue weighted by Gasteiger charge is 2.13. The number of amides is 2. The Kier molecular flexibility index (Phi) is 5.78. The number of hydrogen-bond acceptors (Lipinski definition) is 4. The fourth-order valence-electron chi connectivity index (χ4n) is 2.62. The van der Waals surface area contributed by atoms with Crippen molar-refractivity contribution in [3.63, 3.8) is 0 Å². The van der Waals surface area contributed by atoms with Gasteiger partial charge in [-0.3, -0.25) is 9.59 Å². The van der Waals surface area contributed by atoms with Gasteiger partial charge >= 0.3 is 0 Å². The van der Waals surface area contributed by atoms with Crippen LogP contribution in [0.5, 0.6) is 0 Å². The van der Waals surface area contributed by atoms with Gasteiger partial charge in [0.2, 0.25) is 0 Å². The molecule has 2 N–H and O–H groups in total. The maximum atomic E-state index is 12.4. The van der Waals surface area contributed by atoms with Crippen LogP contribution in [0.15, 0.2) is 66.7 Å². The molecular weight excluding hydrogens is 352 g/mol. The second-order valence-corrected chi connectivity index (χ2v) is 6.16. The molecule has 0 bridgehead atoms. The topological polar surface area (TPSA) is 94.9 Å². The van der Waals surface area contributed by atoms with E-state index in [4.69, 9.17) is 5.26 Å². The summed E-state index contributed by atoms with van der Waals surface area (Å²) in [5.74, 6) is -0.812. The first kappa shape index (κ1) is 18.8. The van der Waals surface area contributed by atoms with Crippen LogP contribution < -0.4 is 10.6 Å². The normalized spacial score (nSPS) is 10.0. The Morgan fingerprint density at radius 1 is 0.964 bits per heavy atom. The summed E-state index contributed by atoms with van der Waals surface area (Å²) in [4.78, 5) is 29.0. The first-order valence-electron chi connectivity index (χ1n) is 8.68. The van der Waals surface area contributed by atoms with Crippen LogP contribution >= 0.6 is 0 Å². The zero-order chi connectivity index (χ0) is 19.9. The van der Waals surface area contributed by atoms with E-state index in [0.717, 1.165) is 11.1 Å².